The Balaban J connectivity index is 1.78. The number of aliphatic hydroxyl groups is 1. The van der Waals surface area contributed by atoms with Crippen LogP contribution in [0.5, 0.6) is 0 Å². The van der Waals surface area contributed by atoms with Crippen molar-refractivity contribution in [3.05, 3.63) is 24.3 Å². The number of rotatable bonds is 7. The first-order valence-electron chi connectivity index (χ1n) is 13.4. The van der Waals surface area contributed by atoms with Crippen molar-refractivity contribution in [2.45, 2.75) is 84.1 Å². The van der Waals surface area contributed by atoms with Gasteiger partial charge in [-0.3, -0.25) is 14.4 Å². The van der Waals surface area contributed by atoms with Gasteiger partial charge in [-0.25, -0.2) is 0 Å². The molecule has 8 heteroatoms. The monoisotopic (exact) mass is 501 g/mol. The van der Waals surface area contributed by atoms with Crippen LogP contribution in [0, 0.1) is 17.3 Å². The van der Waals surface area contributed by atoms with Gasteiger partial charge in [0.1, 0.15) is 11.6 Å². The van der Waals surface area contributed by atoms with Crippen molar-refractivity contribution in [3.8, 4) is 0 Å². The topological polar surface area (TPSA) is 90.4 Å². The van der Waals surface area contributed by atoms with Crippen LogP contribution in [0.1, 0.15) is 60.8 Å². The van der Waals surface area contributed by atoms with Crippen LogP contribution in [0.15, 0.2) is 24.3 Å². The highest BCUT2D eigenvalue weighted by Gasteiger charge is 2.72. The molecule has 36 heavy (non-hydrogen) atoms. The van der Waals surface area contributed by atoms with Gasteiger partial charge >= 0.3 is 0 Å². The summed E-state index contributed by atoms with van der Waals surface area (Å²) in [5.41, 5.74) is -1.66. The molecule has 0 bridgehead atoms. The summed E-state index contributed by atoms with van der Waals surface area (Å²) in [6, 6.07) is -0.868. The number of fused-ring (bicyclic) bond motifs is 2. The third-order valence-corrected chi connectivity index (χ3v) is 7.99. The molecule has 0 aromatic heterocycles. The Kier molecular flexibility index (Phi) is 7.16. The van der Waals surface area contributed by atoms with Crippen LogP contribution in [0.2, 0.25) is 0 Å². The lowest BCUT2D eigenvalue weighted by atomic mass is 9.77. The maximum absolute atomic E-state index is 14.4. The number of nitrogens with zero attached hydrogens (tertiary/aromatic N) is 3. The number of hydrogen-bond donors (Lipinski definition) is 1. The van der Waals surface area contributed by atoms with Crippen molar-refractivity contribution in [3.63, 3.8) is 0 Å². The van der Waals surface area contributed by atoms with Crippen molar-refractivity contribution in [1.82, 2.24) is 14.7 Å². The average molecular weight is 502 g/mol. The summed E-state index contributed by atoms with van der Waals surface area (Å²) in [6.45, 7) is 14.3. The molecule has 4 heterocycles. The van der Waals surface area contributed by atoms with E-state index in [4.69, 9.17) is 4.74 Å². The summed E-state index contributed by atoms with van der Waals surface area (Å²) in [5, 5.41) is 9.55. The van der Waals surface area contributed by atoms with Gasteiger partial charge in [-0.05, 0) is 38.5 Å². The van der Waals surface area contributed by atoms with Crippen LogP contribution in [0.25, 0.3) is 0 Å². The standard InChI is InChI=1S/C28H43N3O5/c1-7-13-29-14-8-11-19-20(23(29)33)21-24(34)30(15-10-17-32)22-25(35)31(16-9-12-28(21,22)36-19)27(5,6)18-26(2,3)4/h8-9,11-12,19-22,32H,7,10,13-18H2,1-6H3/t19-,20+,21-,22?,28-/m0/s1. The Morgan fingerprint density at radius 3 is 2.39 bits per heavy atom. The molecular weight excluding hydrogens is 458 g/mol. The molecule has 5 atom stereocenters. The summed E-state index contributed by atoms with van der Waals surface area (Å²) < 4.78 is 6.66. The molecule has 8 nitrogen and oxygen atoms in total. The van der Waals surface area contributed by atoms with Gasteiger partial charge in [0.2, 0.25) is 17.7 Å². The van der Waals surface area contributed by atoms with E-state index < -0.39 is 35.1 Å². The van der Waals surface area contributed by atoms with E-state index in [0.29, 0.717) is 26.1 Å². The second-order valence-corrected chi connectivity index (χ2v) is 12.6. The minimum Gasteiger partial charge on any atom is -0.396 e. The Labute approximate surface area is 215 Å². The number of carbonyl (C=O) groups is 3. The minimum absolute atomic E-state index is 0.000899. The number of hydrogen-bond acceptors (Lipinski definition) is 5. The predicted molar refractivity (Wildman–Crippen MR) is 137 cm³/mol. The zero-order chi connectivity index (χ0) is 26.5. The molecule has 4 aliphatic rings. The third-order valence-electron chi connectivity index (χ3n) is 7.99. The van der Waals surface area contributed by atoms with E-state index in [2.05, 4.69) is 34.6 Å². The summed E-state index contributed by atoms with van der Waals surface area (Å²) in [7, 11) is 0. The largest absolute Gasteiger partial charge is 0.396 e. The molecule has 200 valence electrons. The number of aliphatic hydroxyl groups excluding tert-OH is 1. The van der Waals surface area contributed by atoms with Crippen LogP contribution >= 0.6 is 0 Å². The predicted octanol–water partition coefficient (Wildman–Crippen LogP) is 2.37. The third kappa shape index (κ3) is 4.40. The molecule has 1 spiro atoms. The van der Waals surface area contributed by atoms with Gasteiger partial charge in [-0.2, -0.15) is 0 Å². The Morgan fingerprint density at radius 1 is 1.03 bits per heavy atom. The van der Waals surface area contributed by atoms with Crippen LogP contribution in [0.3, 0.4) is 0 Å². The number of amides is 3. The minimum atomic E-state index is -1.21. The van der Waals surface area contributed by atoms with Gasteiger partial charge in [-0.1, -0.05) is 52.0 Å². The molecular formula is C28H43N3O5. The quantitative estimate of drug-likeness (QED) is 0.541. The molecule has 3 amide bonds. The van der Waals surface area contributed by atoms with Crippen molar-refractivity contribution < 1.29 is 24.2 Å². The normalized spacial score (nSPS) is 32.5. The fourth-order valence-electron chi connectivity index (χ4n) is 7.08. The van der Waals surface area contributed by atoms with Crippen molar-refractivity contribution in [1.29, 1.82) is 0 Å². The van der Waals surface area contributed by atoms with Crippen molar-refractivity contribution in [2.24, 2.45) is 17.3 Å². The molecule has 0 aliphatic carbocycles. The maximum atomic E-state index is 14.4. The van der Waals surface area contributed by atoms with E-state index in [1.807, 2.05) is 36.1 Å². The van der Waals surface area contributed by atoms with E-state index in [-0.39, 0.29) is 36.3 Å². The maximum Gasteiger partial charge on any atom is 0.249 e. The molecule has 0 aromatic carbocycles. The Morgan fingerprint density at radius 2 is 1.75 bits per heavy atom. The second-order valence-electron chi connectivity index (χ2n) is 12.6. The Hall–Kier alpha value is -2.19. The molecule has 1 unspecified atom stereocenters. The highest BCUT2D eigenvalue weighted by atomic mass is 16.5. The summed E-state index contributed by atoms with van der Waals surface area (Å²) >= 11 is 0. The molecule has 4 rings (SSSR count). The van der Waals surface area contributed by atoms with E-state index in [1.165, 1.54) is 0 Å². The first kappa shape index (κ1) is 26.9. The lowest BCUT2D eigenvalue weighted by Crippen LogP contribution is -2.60. The first-order valence-corrected chi connectivity index (χ1v) is 13.4. The highest BCUT2D eigenvalue weighted by molar-refractivity contribution is 6.00. The zero-order valence-electron chi connectivity index (χ0n) is 22.7. The van der Waals surface area contributed by atoms with Gasteiger partial charge in [0, 0.05) is 38.3 Å². The molecule has 0 saturated carbocycles. The van der Waals surface area contributed by atoms with Crippen LogP contribution < -0.4 is 0 Å². The zero-order valence-corrected chi connectivity index (χ0v) is 22.7. The SMILES string of the molecule is CCCN1CC=C[C@@H]2O[C@]34C=CCN(C(C)(C)CC(C)(C)C)C(=O)C3N(CCCO)C(=O)[C@@H]4[C@@H]2C1=O. The van der Waals surface area contributed by atoms with Crippen LogP contribution in [-0.4, -0.2) is 93.6 Å². The van der Waals surface area contributed by atoms with Gasteiger partial charge in [0.05, 0.1) is 17.9 Å². The van der Waals surface area contributed by atoms with Crippen molar-refractivity contribution in [2.75, 3.05) is 32.8 Å². The molecule has 4 aliphatic heterocycles. The van der Waals surface area contributed by atoms with E-state index >= 15 is 0 Å². The van der Waals surface area contributed by atoms with E-state index in [0.717, 1.165) is 12.8 Å². The highest BCUT2D eigenvalue weighted by Crippen LogP contribution is 2.54. The molecule has 1 N–H and O–H groups in total. The van der Waals surface area contributed by atoms with Crippen molar-refractivity contribution >= 4 is 17.7 Å². The lowest BCUT2D eigenvalue weighted by molar-refractivity contribution is -0.152. The van der Waals surface area contributed by atoms with E-state index in [9.17, 15) is 19.5 Å². The lowest BCUT2D eigenvalue weighted by Gasteiger charge is -2.44. The van der Waals surface area contributed by atoms with Gasteiger partial charge in [0.15, 0.2) is 0 Å². The smallest absolute Gasteiger partial charge is 0.249 e. The molecule has 2 fully saturated rings. The van der Waals surface area contributed by atoms with Gasteiger partial charge in [-0.15, -0.1) is 0 Å². The number of ether oxygens (including phenoxy) is 1. The fourth-order valence-corrected chi connectivity index (χ4v) is 7.08. The number of carbonyl (C=O) groups excluding carboxylic acids is 3. The Bertz CT molecular complexity index is 951. The fraction of sp³-hybridized carbons (Fsp3) is 0.750. The summed E-state index contributed by atoms with van der Waals surface area (Å²) in [5.74, 6) is -1.90. The van der Waals surface area contributed by atoms with Crippen LogP contribution in [-0.2, 0) is 19.1 Å². The number of likely N-dealkylation sites (tertiary alicyclic amines) is 1. The average Bonchev–Trinajstić information content (AvgIpc) is 3.08. The molecule has 0 radical (unpaired) electrons. The van der Waals surface area contributed by atoms with Gasteiger partial charge in [0.25, 0.3) is 0 Å². The van der Waals surface area contributed by atoms with E-state index in [1.54, 1.807) is 9.80 Å². The van der Waals surface area contributed by atoms with Crippen LogP contribution in [0.4, 0.5) is 0 Å². The second kappa shape index (κ2) is 9.60. The summed E-state index contributed by atoms with van der Waals surface area (Å²) in [4.78, 5) is 47.4. The molecule has 2 saturated heterocycles. The summed E-state index contributed by atoms with van der Waals surface area (Å²) in [6.07, 6.45) is 9.10. The van der Waals surface area contributed by atoms with Gasteiger partial charge < -0.3 is 24.5 Å². The molecule has 0 aromatic rings. The first-order chi connectivity index (χ1) is 16.9.